The molecular formula is C6H15NO4. The SMILES string of the molecule is C[C@@H](O)[C@H](O)[C@H](O)[C@@](C)(N)O. The Hall–Kier alpha value is -0.200. The smallest absolute Gasteiger partial charge is 0.139 e. The van der Waals surface area contributed by atoms with Crippen molar-refractivity contribution in [3.8, 4) is 0 Å². The quantitative estimate of drug-likeness (QED) is 0.304. The van der Waals surface area contributed by atoms with E-state index in [-0.39, 0.29) is 0 Å². The van der Waals surface area contributed by atoms with Gasteiger partial charge in [-0.1, -0.05) is 0 Å². The molecule has 0 spiro atoms. The standard InChI is InChI=1S/C6H15NO4/c1-3(8)4(9)5(10)6(2,7)11/h3-5,8-11H,7H2,1-2H3/t3-,4+,5+,6+/m1/s1. The Morgan fingerprint density at radius 3 is 1.73 bits per heavy atom. The van der Waals surface area contributed by atoms with Crippen LogP contribution in [-0.2, 0) is 0 Å². The third-order valence-electron chi connectivity index (χ3n) is 1.42. The van der Waals surface area contributed by atoms with Crippen LogP contribution in [0.2, 0.25) is 0 Å². The van der Waals surface area contributed by atoms with Gasteiger partial charge in [0.1, 0.15) is 17.9 Å². The van der Waals surface area contributed by atoms with E-state index in [1.807, 2.05) is 0 Å². The summed E-state index contributed by atoms with van der Waals surface area (Å²) in [6.45, 7) is 2.43. The molecule has 0 bridgehead atoms. The van der Waals surface area contributed by atoms with Gasteiger partial charge in [-0.05, 0) is 13.8 Å². The first kappa shape index (κ1) is 10.8. The lowest BCUT2D eigenvalue weighted by atomic mass is 10.0. The highest BCUT2D eigenvalue weighted by atomic mass is 16.4. The molecule has 0 aliphatic carbocycles. The van der Waals surface area contributed by atoms with Crippen molar-refractivity contribution < 1.29 is 20.4 Å². The molecule has 0 aromatic carbocycles. The van der Waals surface area contributed by atoms with Crippen molar-refractivity contribution in [2.45, 2.75) is 37.9 Å². The van der Waals surface area contributed by atoms with E-state index in [0.29, 0.717) is 0 Å². The van der Waals surface area contributed by atoms with Gasteiger partial charge in [-0.2, -0.15) is 0 Å². The fourth-order valence-corrected chi connectivity index (χ4v) is 0.610. The number of nitrogens with two attached hydrogens (primary N) is 1. The summed E-state index contributed by atoms with van der Waals surface area (Å²) in [5, 5.41) is 35.8. The zero-order valence-corrected chi connectivity index (χ0v) is 6.60. The van der Waals surface area contributed by atoms with Gasteiger partial charge in [0.15, 0.2) is 0 Å². The van der Waals surface area contributed by atoms with Crippen LogP contribution >= 0.6 is 0 Å². The Labute approximate surface area is 65.1 Å². The first-order valence-corrected chi connectivity index (χ1v) is 3.32. The molecular weight excluding hydrogens is 150 g/mol. The normalized spacial score (nSPS) is 25.4. The second kappa shape index (κ2) is 3.46. The molecule has 0 aromatic heterocycles. The number of aliphatic hydroxyl groups excluding tert-OH is 3. The molecule has 68 valence electrons. The minimum atomic E-state index is -1.89. The van der Waals surface area contributed by atoms with Crippen LogP contribution in [0.3, 0.4) is 0 Å². The lowest BCUT2D eigenvalue weighted by molar-refractivity contribution is -0.139. The van der Waals surface area contributed by atoms with Crippen LogP contribution in [-0.4, -0.2) is 44.5 Å². The van der Waals surface area contributed by atoms with Crippen LogP contribution in [0.5, 0.6) is 0 Å². The summed E-state index contributed by atoms with van der Waals surface area (Å²) >= 11 is 0. The van der Waals surface area contributed by atoms with Gasteiger partial charge in [0, 0.05) is 0 Å². The molecule has 5 nitrogen and oxygen atoms in total. The van der Waals surface area contributed by atoms with E-state index in [1.165, 1.54) is 6.92 Å². The molecule has 0 saturated heterocycles. The summed E-state index contributed by atoms with van der Waals surface area (Å²) in [6, 6.07) is 0. The maximum absolute atomic E-state index is 9.04. The third-order valence-corrected chi connectivity index (χ3v) is 1.42. The van der Waals surface area contributed by atoms with Gasteiger partial charge < -0.3 is 26.2 Å². The summed E-state index contributed by atoms with van der Waals surface area (Å²) in [7, 11) is 0. The molecule has 0 unspecified atom stereocenters. The predicted octanol–water partition coefficient (Wildman–Crippen LogP) is -2.24. The summed E-state index contributed by atoms with van der Waals surface area (Å²) in [5.74, 6) is 0. The lowest BCUT2D eigenvalue weighted by Gasteiger charge is -2.29. The monoisotopic (exact) mass is 165 g/mol. The molecule has 0 aliphatic heterocycles. The van der Waals surface area contributed by atoms with Crippen molar-refractivity contribution in [3.63, 3.8) is 0 Å². The van der Waals surface area contributed by atoms with E-state index in [1.54, 1.807) is 0 Å². The summed E-state index contributed by atoms with van der Waals surface area (Å²) < 4.78 is 0. The average Bonchev–Trinajstić information content (AvgIpc) is 1.82. The largest absolute Gasteiger partial charge is 0.391 e. The zero-order chi connectivity index (χ0) is 9.23. The number of hydrogen-bond acceptors (Lipinski definition) is 5. The van der Waals surface area contributed by atoms with Crippen LogP contribution in [0, 0.1) is 0 Å². The van der Waals surface area contributed by atoms with E-state index < -0.39 is 24.0 Å². The van der Waals surface area contributed by atoms with Crippen LogP contribution in [0.25, 0.3) is 0 Å². The van der Waals surface area contributed by atoms with Crippen LogP contribution in [0.1, 0.15) is 13.8 Å². The van der Waals surface area contributed by atoms with Crippen molar-refractivity contribution in [1.29, 1.82) is 0 Å². The van der Waals surface area contributed by atoms with Gasteiger partial charge in [0.2, 0.25) is 0 Å². The van der Waals surface area contributed by atoms with Crippen molar-refractivity contribution in [3.05, 3.63) is 0 Å². The van der Waals surface area contributed by atoms with Crippen molar-refractivity contribution >= 4 is 0 Å². The van der Waals surface area contributed by atoms with Crippen LogP contribution in [0.15, 0.2) is 0 Å². The molecule has 4 atom stereocenters. The first-order chi connectivity index (χ1) is 4.76. The van der Waals surface area contributed by atoms with Gasteiger partial charge in [-0.3, -0.25) is 0 Å². The number of hydrogen-bond donors (Lipinski definition) is 5. The molecule has 0 radical (unpaired) electrons. The Bertz CT molecular complexity index is 120. The van der Waals surface area contributed by atoms with E-state index >= 15 is 0 Å². The highest BCUT2D eigenvalue weighted by molar-refractivity contribution is 4.83. The Morgan fingerprint density at radius 1 is 1.27 bits per heavy atom. The molecule has 0 saturated carbocycles. The summed E-state index contributed by atoms with van der Waals surface area (Å²) in [4.78, 5) is 0. The topological polar surface area (TPSA) is 107 Å². The second-order valence-corrected chi connectivity index (χ2v) is 2.90. The van der Waals surface area contributed by atoms with Gasteiger partial charge >= 0.3 is 0 Å². The van der Waals surface area contributed by atoms with E-state index in [0.717, 1.165) is 6.92 Å². The molecule has 0 aliphatic rings. The van der Waals surface area contributed by atoms with E-state index in [2.05, 4.69) is 0 Å². The van der Waals surface area contributed by atoms with Crippen molar-refractivity contribution in [2.75, 3.05) is 0 Å². The zero-order valence-electron chi connectivity index (χ0n) is 6.60. The van der Waals surface area contributed by atoms with Gasteiger partial charge in [-0.25, -0.2) is 0 Å². The fourth-order valence-electron chi connectivity index (χ4n) is 0.610. The Morgan fingerprint density at radius 2 is 1.64 bits per heavy atom. The predicted molar refractivity (Wildman–Crippen MR) is 38.5 cm³/mol. The molecule has 0 heterocycles. The first-order valence-electron chi connectivity index (χ1n) is 3.32. The van der Waals surface area contributed by atoms with E-state index in [4.69, 9.17) is 26.2 Å². The Balaban J connectivity index is 4.13. The van der Waals surface area contributed by atoms with Crippen LogP contribution < -0.4 is 5.73 Å². The van der Waals surface area contributed by atoms with Gasteiger partial charge in [0.25, 0.3) is 0 Å². The fraction of sp³-hybridized carbons (Fsp3) is 1.00. The highest BCUT2D eigenvalue weighted by Crippen LogP contribution is 2.09. The highest BCUT2D eigenvalue weighted by Gasteiger charge is 2.34. The van der Waals surface area contributed by atoms with Gasteiger partial charge in [-0.15, -0.1) is 0 Å². The minimum Gasteiger partial charge on any atom is -0.391 e. The molecule has 0 fully saturated rings. The molecule has 6 N–H and O–H groups in total. The molecule has 5 heteroatoms. The van der Waals surface area contributed by atoms with Crippen molar-refractivity contribution in [1.82, 2.24) is 0 Å². The van der Waals surface area contributed by atoms with Crippen LogP contribution in [0.4, 0.5) is 0 Å². The number of rotatable bonds is 3. The average molecular weight is 165 g/mol. The van der Waals surface area contributed by atoms with Crippen molar-refractivity contribution in [2.24, 2.45) is 5.73 Å². The maximum Gasteiger partial charge on any atom is 0.139 e. The molecule has 0 amide bonds. The molecule has 11 heavy (non-hydrogen) atoms. The summed E-state index contributed by atoms with van der Waals surface area (Å²) in [5.41, 5.74) is 3.16. The second-order valence-electron chi connectivity index (χ2n) is 2.90. The lowest BCUT2D eigenvalue weighted by Crippen LogP contribution is -2.56. The molecule has 0 rings (SSSR count). The van der Waals surface area contributed by atoms with Gasteiger partial charge in [0.05, 0.1) is 6.10 Å². The minimum absolute atomic E-state index is 1.12. The molecule has 0 aromatic rings. The summed E-state index contributed by atoms with van der Waals surface area (Å²) in [6.07, 6.45) is -4.11. The maximum atomic E-state index is 9.04. The van der Waals surface area contributed by atoms with E-state index in [9.17, 15) is 0 Å². The Kier molecular flexibility index (Phi) is 3.40. The third kappa shape index (κ3) is 3.13. The number of aliphatic hydroxyl groups is 4.